The fourth-order valence-corrected chi connectivity index (χ4v) is 1.62. The summed E-state index contributed by atoms with van der Waals surface area (Å²) in [5.41, 5.74) is -0.0178. The second-order valence-corrected chi connectivity index (χ2v) is 4.03. The highest BCUT2D eigenvalue weighted by Gasteiger charge is 2.20. The SMILES string of the molecule is CCn1ccnc(NCCC2CC2)c1=O. The van der Waals surface area contributed by atoms with E-state index in [4.69, 9.17) is 0 Å². The summed E-state index contributed by atoms with van der Waals surface area (Å²) in [6.45, 7) is 3.51. The summed E-state index contributed by atoms with van der Waals surface area (Å²) in [6.07, 6.45) is 7.24. The van der Waals surface area contributed by atoms with Crippen LogP contribution in [0.25, 0.3) is 0 Å². The molecule has 1 fully saturated rings. The molecule has 82 valence electrons. The molecular weight excluding hydrogens is 190 g/mol. The molecule has 1 aromatic heterocycles. The van der Waals surface area contributed by atoms with Crippen molar-refractivity contribution in [3.63, 3.8) is 0 Å². The zero-order chi connectivity index (χ0) is 10.7. The molecule has 1 aliphatic rings. The van der Waals surface area contributed by atoms with Gasteiger partial charge in [0.2, 0.25) is 0 Å². The molecule has 15 heavy (non-hydrogen) atoms. The fourth-order valence-electron chi connectivity index (χ4n) is 1.62. The van der Waals surface area contributed by atoms with Gasteiger partial charge < -0.3 is 9.88 Å². The first-order valence-electron chi connectivity index (χ1n) is 5.60. The largest absolute Gasteiger partial charge is 0.365 e. The number of nitrogens with one attached hydrogen (secondary N) is 1. The molecule has 4 heteroatoms. The van der Waals surface area contributed by atoms with Gasteiger partial charge in [0.25, 0.3) is 5.56 Å². The minimum absolute atomic E-state index is 0.0178. The van der Waals surface area contributed by atoms with E-state index < -0.39 is 0 Å². The van der Waals surface area contributed by atoms with Crippen LogP contribution in [-0.4, -0.2) is 16.1 Å². The molecule has 0 atom stereocenters. The minimum Gasteiger partial charge on any atom is -0.365 e. The van der Waals surface area contributed by atoms with Gasteiger partial charge >= 0.3 is 0 Å². The van der Waals surface area contributed by atoms with Crippen LogP contribution in [0.4, 0.5) is 5.82 Å². The average molecular weight is 207 g/mol. The summed E-state index contributed by atoms with van der Waals surface area (Å²) in [7, 11) is 0. The highest BCUT2D eigenvalue weighted by atomic mass is 16.1. The molecule has 0 aliphatic heterocycles. The van der Waals surface area contributed by atoms with Crippen molar-refractivity contribution in [2.75, 3.05) is 11.9 Å². The minimum atomic E-state index is -0.0178. The van der Waals surface area contributed by atoms with Gasteiger partial charge in [-0.3, -0.25) is 4.79 Å². The molecule has 0 saturated heterocycles. The van der Waals surface area contributed by atoms with Crippen LogP contribution < -0.4 is 10.9 Å². The number of anilines is 1. The quantitative estimate of drug-likeness (QED) is 0.795. The summed E-state index contributed by atoms with van der Waals surface area (Å²) in [4.78, 5) is 15.8. The van der Waals surface area contributed by atoms with Crippen molar-refractivity contribution in [2.24, 2.45) is 5.92 Å². The lowest BCUT2D eigenvalue weighted by Crippen LogP contribution is -2.24. The van der Waals surface area contributed by atoms with E-state index in [0.717, 1.165) is 18.9 Å². The monoisotopic (exact) mass is 207 g/mol. The Kier molecular flexibility index (Phi) is 3.04. The lowest BCUT2D eigenvalue weighted by Gasteiger charge is -2.06. The lowest BCUT2D eigenvalue weighted by atomic mass is 10.3. The Balaban J connectivity index is 1.96. The summed E-state index contributed by atoms with van der Waals surface area (Å²) in [5.74, 6) is 1.37. The van der Waals surface area contributed by atoms with Gasteiger partial charge in [-0.25, -0.2) is 4.98 Å². The molecule has 1 saturated carbocycles. The second-order valence-electron chi connectivity index (χ2n) is 4.03. The number of aromatic nitrogens is 2. The molecule has 0 spiro atoms. The predicted molar refractivity (Wildman–Crippen MR) is 60.0 cm³/mol. The number of aryl methyl sites for hydroxylation is 1. The zero-order valence-electron chi connectivity index (χ0n) is 9.07. The van der Waals surface area contributed by atoms with Gasteiger partial charge in [0.05, 0.1) is 0 Å². The van der Waals surface area contributed by atoms with Gasteiger partial charge in [-0.15, -0.1) is 0 Å². The van der Waals surface area contributed by atoms with E-state index in [1.807, 2.05) is 6.92 Å². The summed E-state index contributed by atoms with van der Waals surface area (Å²) >= 11 is 0. The Morgan fingerprint density at radius 2 is 2.40 bits per heavy atom. The zero-order valence-corrected chi connectivity index (χ0v) is 9.07. The van der Waals surface area contributed by atoms with Crippen molar-refractivity contribution in [1.82, 2.24) is 9.55 Å². The van der Waals surface area contributed by atoms with E-state index in [2.05, 4.69) is 10.3 Å². The predicted octanol–water partition coefficient (Wildman–Crippen LogP) is 1.48. The molecular formula is C11H17N3O. The molecule has 4 nitrogen and oxygen atoms in total. The first kappa shape index (κ1) is 10.2. The van der Waals surface area contributed by atoms with E-state index in [1.54, 1.807) is 17.0 Å². The van der Waals surface area contributed by atoms with E-state index in [0.29, 0.717) is 12.4 Å². The maximum atomic E-state index is 11.7. The molecule has 0 bridgehead atoms. The first-order valence-corrected chi connectivity index (χ1v) is 5.60. The number of nitrogens with zero attached hydrogens (tertiary/aromatic N) is 2. The van der Waals surface area contributed by atoms with Gasteiger partial charge in [0.15, 0.2) is 5.82 Å². The number of hydrogen-bond acceptors (Lipinski definition) is 3. The summed E-state index contributed by atoms with van der Waals surface area (Å²) in [5, 5.41) is 3.11. The Morgan fingerprint density at radius 3 is 3.07 bits per heavy atom. The smallest absolute Gasteiger partial charge is 0.293 e. The Labute approximate surface area is 89.3 Å². The Morgan fingerprint density at radius 1 is 1.60 bits per heavy atom. The lowest BCUT2D eigenvalue weighted by molar-refractivity contribution is 0.712. The van der Waals surface area contributed by atoms with Gasteiger partial charge in [0.1, 0.15) is 0 Å². The highest BCUT2D eigenvalue weighted by Crippen LogP contribution is 2.31. The molecule has 2 rings (SSSR count). The van der Waals surface area contributed by atoms with E-state index >= 15 is 0 Å². The van der Waals surface area contributed by atoms with Crippen molar-refractivity contribution in [2.45, 2.75) is 32.7 Å². The maximum Gasteiger partial charge on any atom is 0.293 e. The van der Waals surface area contributed by atoms with Gasteiger partial charge in [0, 0.05) is 25.5 Å². The molecule has 0 amide bonds. The molecule has 1 aromatic rings. The maximum absolute atomic E-state index is 11.7. The van der Waals surface area contributed by atoms with Crippen LogP contribution in [-0.2, 0) is 6.54 Å². The topological polar surface area (TPSA) is 46.9 Å². The molecule has 0 aromatic carbocycles. The molecule has 1 aliphatic carbocycles. The molecule has 1 N–H and O–H groups in total. The van der Waals surface area contributed by atoms with Crippen molar-refractivity contribution in [1.29, 1.82) is 0 Å². The van der Waals surface area contributed by atoms with Crippen molar-refractivity contribution in [3.8, 4) is 0 Å². The van der Waals surface area contributed by atoms with E-state index in [1.165, 1.54) is 12.8 Å². The van der Waals surface area contributed by atoms with Crippen molar-refractivity contribution in [3.05, 3.63) is 22.7 Å². The van der Waals surface area contributed by atoms with Gasteiger partial charge in [-0.1, -0.05) is 12.8 Å². The van der Waals surface area contributed by atoms with Crippen molar-refractivity contribution < 1.29 is 0 Å². The van der Waals surface area contributed by atoms with Gasteiger partial charge in [-0.05, 0) is 19.3 Å². The molecule has 0 radical (unpaired) electrons. The molecule has 1 heterocycles. The highest BCUT2D eigenvalue weighted by molar-refractivity contribution is 5.30. The van der Waals surface area contributed by atoms with Crippen LogP contribution >= 0.6 is 0 Å². The van der Waals surface area contributed by atoms with E-state index in [9.17, 15) is 4.79 Å². The van der Waals surface area contributed by atoms with Crippen molar-refractivity contribution >= 4 is 5.82 Å². The van der Waals surface area contributed by atoms with Crippen LogP contribution in [0.3, 0.4) is 0 Å². The van der Waals surface area contributed by atoms with Gasteiger partial charge in [-0.2, -0.15) is 0 Å². The Hall–Kier alpha value is -1.32. The summed E-state index contributed by atoms with van der Waals surface area (Å²) in [6, 6.07) is 0. The number of rotatable bonds is 5. The normalized spacial score (nSPS) is 15.3. The first-order chi connectivity index (χ1) is 7.31. The second kappa shape index (κ2) is 4.47. The van der Waals surface area contributed by atoms with Crippen LogP contribution in [0.2, 0.25) is 0 Å². The van der Waals surface area contributed by atoms with E-state index in [-0.39, 0.29) is 5.56 Å². The standard InChI is InChI=1S/C11H17N3O/c1-2-14-8-7-13-10(11(14)15)12-6-5-9-3-4-9/h7-9H,2-6H2,1H3,(H,12,13). The fraction of sp³-hybridized carbons (Fsp3) is 0.636. The average Bonchev–Trinajstić information content (AvgIpc) is 3.04. The third kappa shape index (κ3) is 2.58. The van der Waals surface area contributed by atoms with Crippen LogP contribution in [0.1, 0.15) is 26.2 Å². The summed E-state index contributed by atoms with van der Waals surface area (Å²) < 4.78 is 1.66. The molecule has 0 unspecified atom stereocenters. The Bertz CT molecular complexity index is 382. The van der Waals surface area contributed by atoms with Crippen LogP contribution in [0.15, 0.2) is 17.2 Å². The third-order valence-corrected chi connectivity index (χ3v) is 2.80. The van der Waals surface area contributed by atoms with Crippen LogP contribution in [0.5, 0.6) is 0 Å². The number of hydrogen-bond donors (Lipinski definition) is 1. The van der Waals surface area contributed by atoms with Crippen LogP contribution in [0, 0.1) is 5.92 Å². The third-order valence-electron chi connectivity index (χ3n) is 2.80.